The first-order chi connectivity index (χ1) is 9.72. The van der Waals surface area contributed by atoms with Gasteiger partial charge in [0.05, 0.1) is 0 Å². The molecule has 106 valence electrons. The van der Waals surface area contributed by atoms with Gasteiger partial charge in [0.2, 0.25) is 0 Å². The number of aryl methyl sites for hydroxylation is 1. The predicted molar refractivity (Wildman–Crippen MR) is 85.8 cm³/mol. The summed E-state index contributed by atoms with van der Waals surface area (Å²) in [5, 5.41) is 3.31. The Hall–Kier alpha value is -1.64. The Kier molecular flexibility index (Phi) is 5.33. The molecule has 0 fully saturated rings. The molecule has 1 atom stereocenters. The summed E-state index contributed by atoms with van der Waals surface area (Å²) in [4.78, 5) is 2.41. The summed E-state index contributed by atoms with van der Waals surface area (Å²) < 4.78 is 0. The Morgan fingerprint density at radius 1 is 1.00 bits per heavy atom. The van der Waals surface area contributed by atoms with Crippen molar-refractivity contribution >= 4 is 0 Å². The lowest BCUT2D eigenvalue weighted by molar-refractivity contribution is 0.232. The molecule has 1 N–H and O–H groups in total. The second-order valence-electron chi connectivity index (χ2n) is 5.33. The molecule has 0 saturated carbocycles. The van der Waals surface area contributed by atoms with Crippen LogP contribution >= 0.6 is 0 Å². The predicted octanol–water partition coefficient (Wildman–Crippen LogP) is 3.39. The molecule has 0 radical (unpaired) electrons. The van der Waals surface area contributed by atoms with Gasteiger partial charge < -0.3 is 5.32 Å². The lowest BCUT2D eigenvalue weighted by atomic mass is 10.0. The largest absolute Gasteiger partial charge is 0.318 e. The van der Waals surface area contributed by atoms with Crippen molar-refractivity contribution in [2.45, 2.75) is 19.5 Å². The summed E-state index contributed by atoms with van der Waals surface area (Å²) >= 11 is 0. The Balaban J connectivity index is 2.16. The molecule has 0 aliphatic carbocycles. The first kappa shape index (κ1) is 14.8. The van der Waals surface area contributed by atoms with Gasteiger partial charge in [-0.3, -0.25) is 4.90 Å². The molecule has 0 saturated heterocycles. The fourth-order valence-electron chi connectivity index (χ4n) is 2.56. The van der Waals surface area contributed by atoms with Crippen LogP contribution in [0.4, 0.5) is 0 Å². The number of hydrogen-bond donors (Lipinski definition) is 1. The van der Waals surface area contributed by atoms with Crippen LogP contribution in [-0.4, -0.2) is 25.5 Å². The van der Waals surface area contributed by atoms with Crippen LogP contribution in [0.2, 0.25) is 0 Å². The lowest BCUT2D eigenvalue weighted by Gasteiger charge is -2.29. The molecule has 2 aromatic rings. The molecule has 0 amide bonds. The zero-order valence-corrected chi connectivity index (χ0v) is 12.6. The molecule has 0 aliphatic rings. The second-order valence-corrected chi connectivity index (χ2v) is 5.33. The normalized spacial score (nSPS) is 12.6. The highest BCUT2D eigenvalue weighted by molar-refractivity contribution is 5.26. The van der Waals surface area contributed by atoms with Crippen LogP contribution in [0.3, 0.4) is 0 Å². The van der Waals surface area contributed by atoms with Crippen LogP contribution in [0.1, 0.15) is 22.7 Å². The second kappa shape index (κ2) is 7.22. The number of likely N-dealkylation sites (N-methyl/N-ethyl adjacent to an activating group) is 2. The maximum absolute atomic E-state index is 3.31. The van der Waals surface area contributed by atoms with Gasteiger partial charge >= 0.3 is 0 Å². The smallest absolute Gasteiger partial charge is 0.0473 e. The highest BCUT2D eigenvalue weighted by atomic mass is 15.1. The number of nitrogens with one attached hydrogen (secondary N) is 1. The van der Waals surface area contributed by atoms with Crippen LogP contribution in [0.25, 0.3) is 0 Å². The molecule has 0 aliphatic heterocycles. The van der Waals surface area contributed by atoms with E-state index in [1.165, 1.54) is 16.7 Å². The zero-order chi connectivity index (χ0) is 14.4. The van der Waals surface area contributed by atoms with Gasteiger partial charge in [-0.2, -0.15) is 0 Å². The highest BCUT2D eigenvalue weighted by Crippen LogP contribution is 2.21. The molecule has 2 rings (SSSR count). The third-order valence-corrected chi connectivity index (χ3v) is 3.79. The topological polar surface area (TPSA) is 15.3 Å². The monoisotopic (exact) mass is 268 g/mol. The zero-order valence-electron chi connectivity index (χ0n) is 12.6. The van der Waals surface area contributed by atoms with Gasteiger partial charge in [0.25, 0.3) is 0 Å². The average molecular weight is 268 g/mol. The Morgan fingerprint density at radius 2 is 1.65 bits per heavy atom. The first-order valence-electron chi connectivity index (χ1n) is 7.16. The summed E-state index contributed by atoms with van der Waals surface area (Å²) in [6, 6.07) is 19.7. The van der Waals surface area contributed by atoms with E-state index in [9.17, 15) is 0 Å². The standard InChI is InChI=1S/C18H24N2/c1-15-9-7-8-12-17(15)14-20(3)18(13-19-2)16-10-5-4-6-11-16/h4-12,18-19H,13-14H2,1-3H3. The van der Waals surface area contributed by atoms with E-state index in [1.54, 1.807) is 0 Å². The molecule has 2 nitrogen and oxygen atoms in total. The first-order valence-corrected chi connectivity index (χ1v) is 7.16. The van der Waals surface area contributed by atoms with E-state index in [0.717, 1.165) is 13.1 Å². The van der Waals surface area contributed by atoms with E-state index in [4.69, 9.17) is 0 Å². The number of nitrogens with zero attached hydrogens (tertiary/aromatic N) is 1. The number of rotatable bonds is 6. The van der Waals surface area contributed by atoms with E-state index < -0.39 is 0 Å². The molecule has 0 heterocycles. The van der Waals surface area contributed by atoms with Crippen molar-refractivity contribution in [2.75, 3.05) is 20.6 Å². The molecular weight excluding hydrogens is 244 g/mol. The summed E-state index contributed by atoms with van der Waals surface area (Å²) in [6.07, 6.45) is 0. The minimum absolute atomic E-state index is 0.390. The molecule has 0 spiro atoms. The third kappa shape index (κ3) is 3.69. The van der Waals surface area contributed by atoms with Crippen LogP contribution in [-0.2, 0) is 6.54 Å². The van der Waals surface area contributed by atoms with Crippen LogP contribution in [0.5, 0.6) is 0 Å². The van der Waals surface area contributed by atoms with E-state index in [-0.39, 0.29) is 0 Å². The molecule has 20 heavy (non-hydrogen) atoms. The van der Waals surface area contributed by atoms with Gasteiger partial charge in [0, 0.05) is 19.1 Å². The van der Waals surface area contributed by atoms with E-state index >= 15 is 0 Å². The Morgan fingerprint density at radius 3 is 2.30 bits per heavy atom. The van der Waals surface area contributed by atoms with Gasteiger partial charge in [0.15, 0.2) is 0 Å². The van der Waals surface area contributed by atoms with E-state index in [2.05, 4.69) is 78.8 Å². The van der Waals surface area contributed by atoms with Gasteiger partial charge in [-0.25, -0.2) is 0 Å². The summed E-state index contributed by atoms with van der Waals surface area (Å²) in [5.74, 6) is 0. The van der Waals surface area contributed by atoms with Crippen LogP contribution < -0.4 is 5.32 Å². The molecule has 2 aromatic carbocycles. The van der Waals surface area contributed by atoms with Gasteiger partial charge in [-0.05, 0) is 37.7 Å². The average Bonchev–Trinajstić information content (AvgIpc) is 2.48. The Labute approximate surface area is 122 Å². The third-order valence-electron chi connectivity index (χ3n) is 3.79. The SMILES string of the molecule is CNCC(c1ccccc1)N(C)Cc1ccccc1C. The molecule has 0 aromatic heterocycles. The van der Waals surface area contributed by atoms with Gasteiger partial charge in [0.1, 0.15) is 0 Å². The maximum Gasteiger partial charge on any atom is 0.0473 e. The summed E-state index contributed by atoms with van der Waals surface area (Å²) in [7, 11) is 4.21. The number of benzene rings is 2. The summed E-state index contributed by atoms with van der Waals surface area (Å²) in [6.45, 7) is 4.10. The molecular formula is C18H24N2. The quantitative estimate of drug-likeness (QED) is 0.864. The highest BCUT2D eigenvalue weighted by Gasteiger charge is 2.16. The van der Waals surface area contributed by atoms with E-state index in [0.29, 0.717) is 6.04 Å². The fourth-order valence-corrected chi connectivity index (χ4v) is 2.56. The van der Waals surface area contributed by atoms with Crippen molar-refractivity contribution in [1.29, 1.82) is 0 Å². The molecule has 2 heteroatoms. The van der Waals surface area contributed by atoms with Crippen LogP contribution in [0.15, 0.2) is 54.6 Å². The van der Waals surface area contributed by atoms with Crippen molar-refractivity contribution in [2.24, 2.45) is 0 Å². The summed E-state index contributed by atoms with van der Waals surface area (Å²) in [5.41, 5.74) is 4.11. The lowest BCUT2D eigenvalue weighted by Crippen LogP contribution is -2.31. The van der Waals surface area contributed by atoms with Gasteiger partial charge in [-0.15, -0.1) is 0 Å². The minimum atomic E-state index is 0.390. The maximum atomic E-state index is 3.31. The molecule has 1 unspecified atom stereocenters. The number of hydrogen-bond acceptors (Lipinski definition) is 2. The van der Waals surface area contributed by atoms with Crippen molar-refractivity contribution in [1.82, 2.24) is 10.2 Å². The van der Waals surface area contributed by atoms with Crippen LogP contribution in [0, 0.1) is 6.92 Å². The van der Waals surface area contributed by atoms with E-state index in [1.807, 2.05) is 7.05 Å². The van der Waals surface area contributed by atoms with Crippen molar-refractivity contribution in [3.63, 3.8) is 0 Å². The minimum Gasteiger partial charge on any atom is -0.318 e. The van der Waals surface area contributed by atoms with Gasteiger partial charge in [-0.1, -0.05) is 54.6 Å². The molecule has 0 bridgehead atoms. The van der Waals surface area contributed by atoms with Crippen molar-refractivity contribution < 1.29 is 0 Å². The Bertz CT molecular complexity index is 522. The fraction of sp³-hybridized carbons (Fsp3) is 0.333. The van der Waals surface area contributed by atoms with Crippen molar-refractivity contribution in [3.8, 4) is 0 Å². The van der Waals surface area contributed by atoms with Crippen molar-refractivity contribution in [3.05, 3.63) is 71.3 Å².